The Labute approximate surface area is 178 Å². The molecule has 0 heterocycles. The number of hydrogen-bond donors (Lipinski definition) is 1. The standard InChI is InChI=1S/C29H24O/c1-20-18-25-26(22-12-6-3-7-13-22)19-29(23-14-8-4-9-15-23,24-16-10-5-11-17-24)27(25)21(2)28(20)30/h3-19,30H,1-2H3. The van der Waals surface area contributed by atoms with Crippen molar-refractivity contribution in [3.8, 4) is 5.75 Å². The van der Waals surface area contributed by atoms with E-state index in [2.05, 4.69) is 103 Å². The summed E-state index contributed by atoms with van der Waals surface area (Å²) in [5, 5.41) is 10.9. The number of benzene rings is 4. The van der Waals surface area contributed by atoms with Crippen LogP contribution < -0.4 is 0 Å². The zero-order chi connectivity index (χ0) is 20.7. The second kappa shape index (κ2) is 7.03. The van der Waals surface area contributed by atoms with Gasteiger partial charge in [0.15, 0.2) is 0 Å². The normalized spacial score (nSPS) is 14.3. The largest absolute Gasteiger partial charge is 0.507 e. The van der Waals surface area contributed by atoms with Crippen molar-refractivity contribution in [2.45, 2.75) is 19.3 Å². The van der Waals surface area contributed by atoms with Gasteiger partial charge in [0.2, 0.25) is 0 Å². The van der Waals surface area contributed by atoms with Gasteiger partial charge in [0, 0.05) is 0 Å². The maximum Gasteiger partial charge on any atom is 0.121 e. The molecule has 1 N–H and O–H groups in total. The third-order valence-corrected chi connectivity index (χ3v) is 6.32. The van der Waals surface area contributed by atoms with Gasteiger partial charge < -0.3 is 5.11 Å². The van der Waals surface area contributed by atoms with Gasteiger partial charge in [-0.05, 0) is 64.4 Å². The molecule has 4 aromatic carbocycles. The number of rotatable bonds is 3. The monoisotopic (exact) mass is 388 g/mol. The van der Waals surface area contributed by atoms with Crippen molar-refractivity contribution in [1.82, 2.24) is 0 Å². The Balaban J connectivity index is 1.95. The molecular formula is C29H24O. The molecule has 1 nitrogen and oxygen atoms in total. The molecule has 0 saturated heterocycles. The van der Waals surface area contributed by atoms with Crippen LogP contribution in [0.15, 0.2) is 103 Å². The zero-order valence-corrected chi connectivity index (χ0v) is 17.3. The van der Waals surface area contributed by atoms with E-state index in [4.69, 9.17) is 0 Å². The number of allylic oxidation sites excluding steroid dienone is 1. The lowest BCUT2D eigenvalue weighted by atomic mass is 9.69. The van der Waals surface area contributed by atoms with Gasteiger partial charge in [-0.15, -0.1) is 0 Å². The van der Waals surface area contributed by atoms with Crippen molar-refractivity contribution in [1.29, 1.82) is 0 Å². The highest BCUT2D eigenvalue weighted by molar-refractivity contribution is 5.91. The fourth-order valence-corrected chi connectivity index (χ4v) is 4.94. The number of aromatic hydroxyl groups is 1. The van der Waals surface area contributed by atoms with Crippen molar-refractivity contribution < 1.29 is 5.11 Å². The maximum atomic E-state index is 10.9. The molecule has 0 radical (unpaired) electrons. The van der Waals surface area contributed by atoms with Gasteiger partial charge in [0.05, 0.1) is 5.41 Å². The molecule has 0 fully saturated rings. The first-order chi connectivity index (χ1) is 14.6. The van der Waals surface area contributed by atoms with Gasteiger partial charge in [-0.2, -0.15) is 0 Å². The van der Waals surface area contributed by atoms with Gasteiger partial charge in [0.25, 0.3) is 0 Å². The SMILES string of the molecule is Cc1cc2c(c(C)c1O)C(c1ccccc1)(c1ccccc1)C=C2c1ccccc1. The minimum absolute atomic E-state index is 0.382. The lowest BCUT2D eigenvalue weighted by Gasteiger charge is -2.32. The molecule has 0 atom stereocenters. The van der Waals surface area contributed by atoms with E-state index in [9.17, 15) is 5.11 Å². The van der Waals surface area contributed by atoms with Crippen molar-refractivity contribution in [2.75, 3.05) is 0 Å². The summed E-state index contributed by atoms with van der Waals surface area (Å²) in [7, 11) is 0. The van der Waals surface area contributed by atoms with Crippen LogP contribution in [0.3, 0.4) is 0 Å². The molecule has 5 rings (SSSR count). The van der Waals surface area contributed by atoms with E-state index in [0.717, 1.165) is 11.1 Å². The van der Waals surface area contributed by atoms with Crippen LogP contribution in [-0.4, -0.2) is 5.11 Å². The minimum atomic E-state index is -0.460. The Morgan fingerprint density at radius 3 is 1.70 bits per heavy atom. The van der Waals surface area contributed by atoms with Crippen LogP contribution >= 0.6 is 0 Å². The number of hydrogen-bond acceptors (Lipinski definition) is 1. The first-order valence-corrected chi connectivity index (χ1v) is 10.4. The summed E-state index contributed by atoms with van der Waals surface area (Å²) in [6, 6.07) is 34.0. The van der Waals surface area contributed by atoms with E-state index in [0.29, 0.717) is 5.75 Å². The highest BCUT2D eigenvalue weighted by atomic mass is 16.3. The van der Waals surface area contributed by atoms with Crippen LogP contribution in [0.5, 0.6) is 5.75 Å². The predicted molar refractivity (Wildman–Crippen MR) is 124 cm³/mol. The number of phenolic OH excluding ortho intramolecular Hbond substituents is 1. The molecule has 0 spiro atoms. The molecule has 1 aliphatic rings. The summed E-state index contributed by atoms with van der Waals surface area (Å²) in [6.45, 7) is 4.03. The fourth-order valence-electron chi connectivity index (χ4n) is 4.94. The van der Waals surface area contributed by atoms with Crippen LogP contribution in [0.4, 0.5) is 0 Å². The molecule has 0 aromatic heterocycles. The quantitative estimate of drug-likeness (QED) is 0.410. The summed E-state index contributed by atoms with van der Waals surface area (Å²) in [5.74, 6) is 0.382. The third kappa shape index (κ3) is 2.63. The van der Waals surface area contributed by atoms with E-state index in [1.54, 1.807) is 0 Å². The van der Waals surface area contributed by atoms with Gasteiger partial charge in [-0.25, -0.2) is 0 Å². The molecule has 0 aliphatic heterocycles. The predicted octanol–water partition coefficient (Wildman–Crippen LogP) is 6.79. The summed E-state index contributed by atoms with van der Waals surface area (Å²) in [4.78, 5) is 0. The van der Waals surface area contributed by atoms with Gasteiger partial charge >= 0.3 is 0 Å². The van der Waals surface area contributed by atoms with Crippen LogP contribution in [0.1, 0.15) is 38.9 Å². The second-order valence-electron chi connectivity index (χ2n) is 8.05. The molecule has 30 heavy (non-hydrogen) atoms. The smallest absolute Gasteiger partial charge is 0.121 e. The first-order valence-electron chi connectivity index (χ1n) is 10.4. The van der Waals surface area contributed by atoms with E-state index < -0.39 is 5.41 Å². The summed E-state index contributed by atoms with van der Waals surface area (Å²) in [6.07, 6.45) is 2.39. The van der Waals surface area contributed by atoms with Crippen LogP contribution in [-0.2, 0) is 5.41 Å². The Hall–Kier alpha value is -3.58. The maximum absolute atomic E-state index is 10.9. The first kappa shape index (κ1) is 18.4. The summed E-state index contributed by atoms with van der Waals surface area (Å²) >= 11 is 0. The molecule has 1 heteroatoms. The van der Waals surface area contributed by atoms with Gasteiger partial charge in [-0.3, -0.25) is 0 Å². The lowest BCUT2D eigenvalue weighted by Crippen LogP contribution is -2.26. The molecule has 0 unspecified atom stereocenters. The molecule has 0 saturated carbocycles. The summed E-state index contributed by atoms with van der Waals surface area (Å²) < 4.78 is 0. The van der Waals surface area contributed by atoms with E-state index in [1.165, 1.54) is 33.4 Å². The van der Waals surface area contributed by atoms with Crippen LogP contribution in [0.25, 0.3) is 5.57 Å². The van der Waals surface area contributed by atoms with Crippen molar-refractivity contribution >= 4 is 5.57 Å². The average molecular weight is 389 g/mol. The molecular weight excluding hydrogens is 364 g/mol. The van der Waals surface area contributed by atoms with Crippen LogP contribution in [0.2, 0.25) is 0 Å². The molecule has 146 valence electrons. The van der Waals surface area contributed by atoms with E-state index in [-0.39, 0.29) is 0 Å². The average Bonchev–Trinajstić information content (AvgIpc) is 3.15. The highest BCUT2D eigenvalue weighted by Crippen LogP contribution is 2.54. The molecule has 1 aliphatic carbocycles. The highest BCUT2D eigenvalue weighted by Gasteiger charge is 2.43. The molecule has 4 aromatic rings. The Morgan fingerprint density at radius 2 is 1.17 bits per heavy atom. The lowest BCUT2D eigenvalue weighted by molar-refractivity contribution is 0.465. The van der Waals surface area contributed by atoms with E-state index in [1.807, 2.05) is 13.8 Å². The Kier molecular flexibility index (Phi) is 4.33. The van der Waals surface area contributed by atoms with Crippen molar-refractivity contribution in [3.63, 3.8) is 0 Å². The van der Waals surface area contributed by atoms with Crippen LogP contribution in [0, 0.1) is 13.8 Å². The number of phenols is 1. The van der Waals surface area contributed by atoms with E-state index >= 15 is 0 Å². The minimum Gasteiger partial charge on any atom is -0.507 e. The zero-order valence-electron chi connectivity index (χ0n) is 17.3. The Bertz CT molecular complexity index is 1200. The van der Waals surface area contributed by atoms with Gasteiger partial charge in [0.1, 0.15) is 5.75 Å². The fraction of sp³-hybridized carbons (Fsp3) is 0.103. The van der Waals surface area contributed by atoms with Gasteiger partial charge in [-0.1, -0.05) is 97.1 Å². The number of fused-ring (bicyclic) bond motifs is 1. The second-order valence-corrected chi connectivity index (χ2v) is 8.05. The molecule has 0 bridgehead atoms. The Morgan fingerprint density at radius 1 is 0.667 bits per heavy atom. The van der Waals surface area contributed by atoms with Crippen molar-refractivity contribution in [3.05, 3.63) is 142 Å². The topological polar surface area (TPSA) is 20.2 Å². The molecule has 0 amide bonds. The number of aryl methyl sites for hydroxylation is 1. The summed E-state index contributed by atoms with van der Waals surface area (Å²) in [5.41, 5.74) is 8.57. The third-order valence-electron chi connectivity index (χ3n) is 6.32. The van der Waals surface area contributed by atoms with Crippen molar-refractivity contribution in [2.24, 2.45) is 0 Å².